The summed E-state index contributed by atoms with van der Waals surface area (Å²) in [6, 6.07) is 5.29. The number of alkyl halides is 2. The third-order valence-electron chi connectivity index (χ3n) is 5.47. The number of hydrogen-bond donors (Lipinski definition) is 0. The van der Waals surface area contributed by atoms with Crippen molar-refractivity contribution in [2.75, 3.05) is 31.6 Å². The smallest absolute Gasteiger partial charge is 0.414 e. The monoisotopic (exact) mass is 443 g/mol. The molecule has 0 spiro atoms. The zero-order valence-electron chi connectivity index (χ0n) is 17.8. The van der Waals surface area contributed by atoms with Gasteiger partial charge in [-0.05, 0) is 25.1 Å². The highest BCUT2D eigenvalue weighted by atomic mass is 19.3. The molecule has 1 aliphatic heterocycles. The Morgan fingerprint density at radius 1 is 1.19 bits per heavy atom. The number of hydrogen-bond acceptors (Lipinski definition) is 5. The average Bonchev–Trinajstić information content (AvgIpc) is 3.21. The highest BCUT2D eigenvalue weighted by Gasteiger charge is 2.35. The molecular formula is C22H23F2N5O3. The maximum Gasteiger partial charge on any atom is 0.414 e. The number of nitrogens with zero attached hydrogens (tertiary/aromatic N) is 5. The van der Waals surface area contributed by atoms with E-state index in [4.69, 9.17) is 4.74 Å². The maximum absolute atomic E-state index is 13.4. The van der Waals surface area contributed by atoms with Crippen LogP contribution in [-0.4, -0.2) is 64.1 Å². The van der Waals surface area contributed by atoms with Crippen LogP contribution in [0.3, 0.4) is 0 Å². The van der Waals surface area contributed by atoms with Crippen LogP contribution in [0.5, 0.6) is 0 Å². The van der Waals surface area contributed by atoms with Gasteiger partial charge in [0.25, 0.3) is 11.8 Å². The Bertz CT molecular complexity index is 1150. The molecule has 1 saturated heterocycles. The summed E-state index contributed by atoms with van der Waals surface area (Å²) >= 11 is 0. The van der Waals surface area contributed by atoms with Crippen LogP contribution in [0.15, 0.2) is 43.0 Å². The van der Waals surface area contributed by atoms with Crippen molar-refractivity contribution in [3.05, 3.63) is 48.5 Å². The lowest BCUT2D eigenvalue weighted by Gasteiger charge is -2.31. The van der Waals surface area contributed by atoms with Crippen molar-refractivity contribution in [3.63, 3.8) is 0 Å². The van der Waals surface area contributed by atoms with Crippen molar-refractivity contribution in [2.24, 2.45) is 0 Å². The number of pyridine rings is 2. The zero-order valence-corrected chi connectivity index (χ0v) is 17.8. The van der Waals surface area contributed by atoms with Crippen LogP contribution < -0.4 is 4.90 Å². The first-order valence-electron chi connectivity index (χ1n) is 10.3. The molecule has 0 saturated carbocycles. The number of piperidine rings is 1. The normalized spacial score (nSPS) is 15.6. The third kappa shape index (κ3) is 4.25. The molecule has 1 aliphatic rings. The molecule has 168 valence electrons. The summed E-state index contributed by atoms with van der Waals surface area (Å²) in [7, 11) is 1.60. The number of anilines is 1. The summed E-state index contributed by atoms with van der Waals surface area (Å²) in [4.78, 5) is 36.2. The van der Waals surface area contributed by atoms with Crippen LogP contribution in [0.1, 0.15) is 30.1 Å². The molecule has 0 unspecified atom stereocenters. The quantitative estimate of drug-likeness (QED) is 0.611. The number of ether oxygens (including phenoxy) is 1. The van der Waals surface area contributed by atoms with E-state index >= 15 is 0 Å². The van der Waals surface area contributed by atoms with E-state index in [1.807, 2.05) is 6.07 Å². The molecule has 0 radical (unpaired) electrons. The van der Waals surface area contributed by atoms with Crippen molar-refractivity contribution in [2.45, 2.75) is 25.7 Å². The molecule has 8 nitrogen and oxygen atoms in total. The Kier molecular flexibility index (Phi) is 5.77. The summed E-state index contributed by atoms with van der Waals surface area (Å²) in [6.45, 7) is 2.05. The highest BCUT2D eigenvalue weighted by molar-refractivity contribution is 5.97. The van der Waals surface area contributed by atoms with Gasteiger partial charge >= 0.3 is 6.09 Å². The summed E-state index contributed by atoms with van der Waals surface area (Å²) in [5, 5.41) is 0.724. The highest BCUT2D eigenvalue weighted by Crippen LogP contribution is 2.29. The summed E-state index contributed by atoms with van der Waals surface area (Å²) in [5.41, 5.74) is 2.19. The molecular weight excluding hydrogens is 420 g/mol. The van der Waals surface area contributed by atoms with Gasteiger partial charge in [0.05, 0.1) is 35.9 Å². The van der Waals surface area contributed by atoms with Crippen LogP contribution in [0, 0.1) is 0 Å². The van der Waals surface area contributed by atoms with Crippen LogP contribution in [0.2, 0.25) is 0 Å². The number of halogens is 2. The molecule has 0 aromatic carbocycles. The third-order valence-corrected chi connectivity index (χ3v) is 5.47. The van der Waals surface area contributed by atoms with Gasteiger partial charge in [0, 0.05) is 50.8 Å². The summed E-state index contributed by atoms with van der Waals surface area (Å²) in [5.74, 6) is -3.01. The summed E-state index contributed by atoms with van der Waals surface area (Å²) in [6.07, 6.45) is 5.30. The SMILES string of the molecule is CCOC(=O)N(C)c1cncc(-n2ccc3cc(C(=O)N4CCC(F)(F)CC4)cnc32)c1. The van der Waals surface area contributed by atoms with Gasteiger partial charge in [-0.2, -0.15) is 0 Å². The fourth-order valence-electron chi connectivity index (χ4n) is 3.63. The van der Waals surface area contributed by atoms with Gasteiger partial charge in [0.2, 0.25) is 0 Å². The van der Waals surface area contributed by atoms with Crippen molar-refractivity contribution in [3.8, 4) is 5.69 Å². The second-order valence-corrected chi connectivity index (χ2v) is 7.63. The number of carbonyl (C=O) groups excluding carboxylic acids is 2. The van der Waals surface area contributed by atoms with Gasteiger partial charge in [-0.1, -0.05) is 0 Å². The minimum Gasteiger partial charge on any atom is -0.449 e. The van der Waals surface area contributed by atoms with Gasteiger partial charge in [-0.25, -0.2) is 18.6 Å². The predicted octanol–water partition coefficient (Wildman–Crippen LogP) is 3.88. The first-order chi connectivity index (χ1) is 15.3. The number of aromatic nitrogens is 3. The second-order valence-electron chi connectivity index (χ2n) is 7.63. The molecule has 0 aliphatic carbocycles. The van der Waals surface area contributed by atoms with E-state index in [-0.39, 0.29) is 38.4 Å². The minimum absolute atomic E-state index is 0.0251. The van der Waals surface area contributed by atoms with Gasteiger partial charge in [-0.3, -0.25) is 19.2 Å². The molecule has 0 N–H and O–H groups in total. The topological polar surface area (TPSA) is 80.6 Å². The molecule has 4 heterocycles. The van der Waals surface area contributed by atoms with Gasteiger partial charge in [-0.15, -0.1) is 0 Å². The number of carbonyl (C=O) groups is 2. The lowest BCUT2D eigenvalue weighted by atomic mass is 10.1. The van der Waals surface area contributed by atoms with E-state index in [0.29, 0.717) is 22.6 Å². The molecule has 0 bridgehead atoms. The average molecular weight is 443 g/mol. The fourth-order valence-corrected chi connectivity index (χ4v) is 3.63. The first kappa shape index (κ1) is 21.7. The largest absolute Gasteiger partial charge is 0.449 e. The van der Waals surface area contributed by atoms with Crippen LogP contribution in [-0.2, 0) is 4.74 Å². The number of rotatable bonds is 4. The van der Waals surface area contributed by atoms with E-state index in [2.05, 4.69) is 9.97 Å². The Hall–Kier alpha value is -3.56. The molecule has 2 amide bonds. The molecule has 4 rings (SSSR count). The lowest BCUT2D eigenvalue weighted by molar-refractivity contribution is -0.0494. The molecule has 3 aromatic heterocycles. The van der Waals surface area contributed by atoms with Crippen LogP contribution in [0.4, 0.5) is 19.3 Å². The van der Waals surface area contributed by atoms with Crippen molar-refractivity contribution in [1.82, 2.24) is 19.4 Å². The number of amides is 2. The Balaban J connectivity index is 1.58. The van der Waals surface area contributed by atoms with Gasteiger partial charge in [0.1, 0.15) is 5.65 Å². The van der Waals surface area contributed by atoms with E-state index < -0.39 is 12.0 Å². The number of fused-ring (bicyclic) bond motifs is 1. The van der Waals surface area contributed by atoms with Gasteiger partial charge < -0.3 is 9.64 Å². The van der Waals surface area contributed by atoms with E-state index in [0.717, 1.165) is 5.39 Å². The van der Waals surface area contributed by atoms with Crippen LogP contribution in [0.25, 0.3) is 16.7 Å². The van der Waals surface area contributed by atoms with E-state index in [1.54, 1.807) is 49.3 Å². The van der Waals surface area contributed by atoms with Crippen molar-refractivity contribution >= 4 is 28.7 Å². The molecule has 3 aromatic rings. The van der Waals surface area contributed by atoms with Crippen molar-refractivity contribution < 1.29 is 23.1 Å². The standard InChI is InChI=1S/C22H23F2N5O3/c1-3-32-21(31)27(2)17-11-18(14-25-13-17)29-7-4-15-10-16(12-26-19(15)29)20(30)28-8-5-22(23,24)6-9-28/h4,7,10-14H,3,5-6,8-9H2,1-2H3. The second kappa shape index (κ2) is 8.52. The fraction of sp³-hybridized carbons (Fsp3) is 0.364. The molecule has 32 heavy (non-hydrogen) atoms. The lowest BCUT2D eigenvalue weighted by Crippen LogP contribution is -2.42. The molecule has 1 fully saturated rings. The number of likely N-dealkylation sites (tertiary alicyclic amines) is 1. The van der Waals surface area contributed by atoms with Crippen molar-refractivity contribution in [1.29, 1.82) is 0 Å². The van der Waals surface area contributed by atoms with E-state index in [1.165, 1.54) is 16.0 Å². The Morgan fingerprint density at radius 2 is 1.94 bits per heavy atom. The zero-order chi connectivity index (χ0) is 22.9. The van der Waals surface area contributed by atoms with Gasteiger partial charge in [0.15, 0.2) is 0 Å². The minimum atomic E-state index is -2.71. The Morgan fingerprint density at radius 3 is 2.66 bits per heavy atom. The summed E-state index contributed by atoms with van der Waals surface area (Å²) < 4.78 is 33.6. The maximum atomic E-state index is 13.4. The molecule has 0 atom stereocenters. The first-order valence-corrected chi connectivity index (χ1v) is 10.3. The Labute approximate surface area is 183 Å². The molecule has 10 heteroatoms. The van der Waals surface area contributed by atoms with E-state index in [9.17, 15) is 18.4 Å². The predicted molar refractivity (Wildman–Crippen MR) is 114 cm³/mol. The van der Waals surface area contributed by atoms with Crippen LogP contribution >= 0.6 is 0 Å².